The van der Waals surface area contributed by atoms with Gasteiger partial charge in [0.2, 0.25) is 5.95 Å². The molecule has 0 saturated carbocycles. The molecule has 1 heterocycles. The maximum absolute atomic E-state index is 10.0. The van der Waals surface area contributed by atoms with E-state index in [1.54, 1.807) is 12.1 Å². The molecule has 148 valence electrons. The third-order valence-corrected chi connectivity index (χ3v) is 5.08. The van der Waals surface area contributed by atoms with Crippen LogP contribution >= 0.6 is 15.9 Å². The average Bonchev–Trinajstić information content (AvgIpc) is 2.78. The number of para-hydroxylation sites is 1. The summed E-state index contributed by atoms with van der Waals surface area (Å²) in [5, 5.41) is 14.4. The highest BCUT2D eigenvalue weighted by Gasteiger charge is 2.09. The van der Waals surface area contributed by atoms with Crippen molar-refractivity contribution in [2.24, 2.45) is 5.10 Å². The van der Waals surface area contributed by atoms with Crippen molar-refractivity contribution in [3.63, 3.8) is 0 Å². The number of nitrogens with one attached hydrogen (secondary N) is 1. The summed E-state index contributed by atoms with van der Waals surface area (Å²) in [6.45, 7) is 1.82. The predicted molar refractivity (Wildman–Crippen MR) is 125 cm³/mol. The molecule has 2 N–H and O–H groups in total. The first-order chi connectivity index (χ1) is 14.6. The van der Waals surface area contributed by atoms with Gasteiger partial charge in [-0.05, 0) is 37.3 Å². The molecule has 0 bridgehead atoms. The molecule has 0 aliphatic carbocycles. The van der Waals surface area contributed by atoms with Crippen LogP contribution in [-0.4, -0.2) is 20.8 Å². The van der Waals surface area contributed by atoms with Crippen LogP contribution in [0.15, 0.2) is 94.5 Å². The minimum Gasteiger partial charge on any atom is -0.507 e. The molecule has 1 aromatic heterocycles. The summed E-state index contributed by atoms with van der Waals surface area (Å²) in [4.78, 5) is 9.27. The Hall–Kier alpha value is -3.51. The zero-order chi connectivity index (χ0) is 20.9. The number of benzene rings is 3. The second kappa shape index (κ2) is 8.88. The Morgan fingerprint density at radius 3 is 2.10 bits per heavy atom. The lowest BCUT2D eigenvalue weighted by atomic mass is 10.1. The number of phenols is 1. The first-order valence-electron chi connectivity index (χ1n) is 9.39. The van der Waals surface area contributed by atoms with Gasteiger partial charge in [-0.25, -0.2) is 15.4 Å². The Morgan fingerprint density at radius 2 is 1.43 bits per heavy atom. The lowest BCUT2D eigenvalue weighted by molar-refractivity contribution is 0.474. The standard InChI is InChI=1S/C24H19BrN4O/c1-16(20-9-5-6-10-23(20)30)28-29-24-26-21(17-7-3-2-4-8-17)15-22(27-24)18-11-13-19(25)14-12-18/h2-15,30H,1H3,(H,26,27,29)/b28-16+. The molecular formula is C24H19BrN4O. The Balaban J connectivity index is 1.73. The largest absolute Gasteiger partial charge is 0.507 e. The molecule has 3 aromatic carbocycles. The molecule has 4 aromatic rings. The second-order valence-corrected chi connectivity index (χ2v) is 7.58. The average molecular weight is 459 g/mol. The molecule has 0 fully saturated rings. The summed E-state index contributed by atoms with van der Waals surface area (Å²) in [5.41, 5.74) is 7.77. The van der Waals surface area contributed by atoms with E-state index >= 15 is 0 Å². The van der Waals surface area contributed by atoms with Gasteiger partial charge in [-0.1, -0.05) is 70.5 Å². The predicted octanol–water partition coefficient (Wildman–Crippen LogP) is 6.11. The second-order valence-electron chi connectivity index (χ2n) is 6.66. The van der Waals surface area contributed by atoms with Crippen molar-refractivity contribution in [3.05, 3.63) is 95.0 Å². The highest BCUT2D eigenvalue weighted by Crippen LogP contribution is 2.26. The van der Waals surface area contributed by atoms with Gasteiger partial charge < -0.3 is 5.11 Å². The van der Waals surface area contributed by atoms with Crippen molar-refractivity contribution < 1.29 is 5.11 Å². The molecule has 0 saturated heterocycles. The number of aromatic nitrogens is 2. The third kappa shape index (κ3) is 4.55. The van der Waals surface area contributed by atoms with E-state index in [1.165, 1.54) is 0 Å². The van der Waals surface area contributed by atoms with Crippen molar-refractivity contribution in [1.82, 2.24) is 9.97 Å². The fourth-order valence-electron chi connectivity index (χ4n) is 3.00. The lowest BCUT2D eigenvalue weighted by Crippen LogP contribution is -2.04. The van der Waals surface area contributed by atoms with Crippen LogP contribution in [0, 0.1) is 0 Å². The van der Waals surface area contributed by atoms with E-state index in [9.17, 15) is 5.11 Å². The number of hydrazone groups is 1. The van der Waals surface area contributed by atoms with Gasteiger partial charge in [0.1, 0.15) is 5.75 Å². The maximum Gasteiger partial charge on any atom is 0.244 e. The first-order valence-corrected chi connectivity index (χ1v) is 10.2. The monoisotopic (exact) mass is 458 g/mol. The molecule has 6 heteroatoms. The Bertz CT molecular complexity index is 1190. The molecule has 5 nitrogen and oxygen atoms in total. The maximum atomic E-state index is 10.0. The van der Waals surface area contributed by atoms with Crippen molar-refractivity contribution >= 4 is 27.6 Å². The zero-order valence-electron chi connectivity index (χ0n) is 16.2. The number of hydrogen-bond acceptors (Lipinski definition) is 5. The van der Waals surface area contributed by atoms with Crippen molar-refractivity contribution in [1.29, 1.82) is 0 Å². The fourth-order valence-corrected chi connectivity index (χ4v) is 3.26. The van der Waals surface area contributed by atoms with Gasteiger partial charge in [0.15, 0.2) is 0 Å². The summed E-state index contributed by atoms with van der Waals surface area (Å²) in [6.07, 6.45) is 0. The van der Waals surface area contributed by atoms with E-state index in [4.69, 9.17) is 0 Å². The molecule has 0 radical (unpaired) electrons. The van der Waals surface area contributed by atoms with Crippen molar-refractivity contribution in [2.75, 3.05) is 5.43 Å². The van der Waals surface area contributed by atoms with Crippen LogP contribution in [0.1, 0.15) is 12.5 Å². The molecule has 0 amide bonds. The number of rotatable bonds is 5. The first kappa shape index (κ1) is 19.8. The number of halogens is 1. The van der Waals surface area contributed by atoms with Crippen LogP contribution in [0.4, 0.5) is 5.95 Å². The van der Waals surface area contributed by atoms with Crippen LogP contribution < -0.4 is 5.43 Å². The molecule has 0 aliphatic rings. The molecule has 30 heavy (non-hydrogen) atoms. The number of anilines is 1. The van der Waals surface area contributed by atoms with Gasteiger partial charge in [-0.15, -0.1) is 0 Å². The Labute approximate surface area is 183 Å². The SMILES string of the molecule is C/C(=N\Nc1nc(-c2ccccc2)cc(-c2ccc(Br)cc2)n1)c1ccccc1O. The van der Waals surface area contributed by atoms with E-state index in [0.717, 1.165) is 27.0 Å². The van der Waals surface area contributed by atoms with Crippen LogP contribution in [0.25, 0.3) is 22.5 Å². The summed E-state index contributed by atoms with van der Waals surface area (Å²) in [6, 6.07) is 26.9. The van der Waals surface area contributed by atoms with Gasteiger partial charge in [-0.3, -0.25) is 0 Å². The summed E-state index contributed by atoms with van der Waals surface area (Å²) in [5.74, 6) is 0.555. The van der Waals surface area contributed by atoms with E-state index in [0.29, 0.717) is 17.2 Å². The number of hydrogen-bond donors (Lipinski definition) is 2. The highest BCUT2D eigenvalue weighted by molar-refractivity contribution is 9.10. The van der Waals surface area contributed by atoms with Crippen LogP contribution in [0.5, 0.6) is 5.75 Å². The number of aromatic hydroxyl groups is 1. The minimum atomic E-state index is 0.176. The van der Waals surface area contributed by atoms with Crippen molar-refractivity contribution in [3.8, 4) is 28.3 Å². The molecule has 0 spiro atoms. The van der Waals surface area contributed by atoms with Gasteiger partial charge in [0.05, 0.1) is 17.1 Å². The summed E-state index contributed by atoms with van der Waals surface area (Å²) >= 11 is 3.47. The van der Waals surface area contributed by atoms with Gasteiger partial charge in [0.25, 0.3) is 0 Å². The lowest BCUT2D eigenvalue weighted by Gasteiger charge is -2.09. The van der Waals surface area contributed by atoms with Crippen LogP contribution in [-0.2, 0) is 0 Å². The molecule has 0 aliphatic heterocycles. The van der Waals surface area contributed by atoms with Crippen molar-refractivity contribution in [2.45, 2.75) is 6.92 Å². The minimum absolute atomic E-state index is 0.176. The summed E-state index contributed by atoms with van der Waals surface area (Å²) < 4.78 is 1.00. The summed E-state index contributed by atoms with van der Waals surface area (Å²) in [7, 11) is 0. The van der Waals surface area contributed by atoms with Gasteiger partial charge in [-0.2, -0.15) is 5.10 Å². The topological polar surface area (TPSA) is 70.4 Å². The molecule has 4 rings (SSSR count). The molecule has 0 atom stereocenters. The molecule has 0 unspecified atom stereocenters. The molecular weight excluding hydrogens is 440 g/mol. The Kier molecular flexibility index (Phi) is 5.86. The highest BCUT2D eigenvalue weighted by atomic mass is 79.9. The van der Waals surface area contributed by atoms with E-state index in [2.05, 4.69) is 36.4 Å². The van der Waals surface area contributed by atoms with E-state index in [-0.39, 0.29) is 5.75 Å². The van der Waals surface area contributed by atoms with E-state index in [1.807, 2.05) is 79.7 Å². The zero-order valence-corrected chi connectivity index (χ0v) is 17.8. The normalized spacial score (nSPS) is 11.3. The third-order valence-electron chi connectivity index (χ3n) is 4.55. The van der Waals surface area contributed by atoms with Crippen LogP contribution in [0.2, 0.25) is 0 Å². The number of phenolic OH excluding ortho intramolecular Hbond substituents is 1. The fraction of sp³-hybridized carbons (Fsp3) is 0.0417. The Morgan fingerprint density at radius 1 is 0.833 bits per heavy atom. The van der Waals surface area contributed by atoms with Crippen LogP contribution in [0.3, 0.4) is 0 Å². The quantitative estimate of drug-likeness (QED) is 0.279. The smallest absolute Gasteiger partial charge is 0.244 e. The number of nitrogens with zero attached hydrogens (tertiary/aromatic N) is 3. The van der Waals surface area contributed by atoms with Gasteiger partial charge in [0, 0.05) is 21.2 Å². The van der Waals surface area contributed by atoms with Gasteiger partial charge >= 0.3 is 0 Å². The van der Waals surface area contributed by atoms with E-state index < -0.39 is 0 Å².